The van der Waals surface area contributed by atoms with E-state index in [9.17, 15) is 0 Å². The Morgan fingerprint density at radius 3 is 2.75 bits per heavy atom. The van der Waals surface area contributed by atoms with Crippen LogP contribution in [0.25, 0.3) is 0 Å². The van der Waals surface area contributed by atoms with Crippen LogP contribution in [-0.4, -0.2) is 0 Å². The minimum Gasteiger partial charge on any atom is -0.120 e. The van der Waals surface area contributed by atoms with Gasteiger partial charge in [-0.3, -0.25) is 0 Å². The smallest absolute Gasteiger partial charge is 0.0112 e. The summed E-state index contributed by atoms with van der Waals surface area (Å²) in [4.78, 5) is 0. The van der Waals surface area contributed by atoms with Crippen molar-refractivity contribution in [2.45, 2.75) is 26.2 Å². The van der Waals surface area contributed by atoms with Gasteiger partial charge in [-0.2, -0.15) is 0 Å². The first-order valence-corrected chi connectivity index (χ1v) is 3.04. The van der Waals surface area contributed by atoms with Crippen LogP contribution in [0.2, 0.25) is 0 Å². The van der Waals surface area contributed by atoms with Crippen molar-refractivity contribution in [2.24, 2.45) is 5.92 Å². The van der Waals surface area contributed by atoms with Gasteiger partial charge in [-0.1, -0.05) is 20.3 Å². The van der Waals surface area contributed by atoms with Crippen molar-refractivity contribution in [3.63, 3.8) is 0 Å². The maximum Gasteiger partial charge on any atom is 0.0112 e. The van der Waals surface area contributed by atoms with E-state index in [4.69, 9.17) is 6.42 Å². The van der Waals surface area contributed by atoms with Crippen LogP contribution in [0.1, 0.15) is 26.2 Å². The van der Waals surface area contributed by atoms with Gasteiger partial charge < -0.3 is 0 Å². The molecule has 0 fully saturated rings. The average Bonchev–Trinajstić information content (AvgIpc) is 1.68. The summed E-state index contributed by atoms with van der Waals surface area (Å²) in [7, 11) is 0. The third kappa shape index (κ3) is 3.74. The van der Waals surface area contributed by atoms with Crippen molar-refractivity contribution >= 4 is 0 Å². The first-order chi connectivity index (χ1) is 3.81. The Morgan fingerprint density at radius 2 is 2.38 bits per heavy atom. The molecule has 1 unspecified atom stereocenters. The molecule has 0 nitrogen and oxygen atoms in total. The minimum absolute atomic E-state index is 0.664. The molecule has 0 aromatic heterocycles. The van der Waals surface area contributed by atoms with Crippen LogP contribution >= 0.6 is 0 Å². The van der Waals surface area contributed by atoms with E-state index in [2.05, 4.69) is 19.8 Å². The van der Waals surface area contributed by atoms with E-state index in [1.807, 2.05) is 0 Å². The zero-order chi connectivity index (χ0) is 6.41. The summed E-state index contributed by atoms with van der Waals surface area (Å²) >= 11 is 0. The second kappa shape index (κ2) is 4.71. The molecule has 0 aromatic carbocycles. The summed E-state index contributed by atoms with van der Waals surface area (Å²) in [5.41, 5.74) is 0. The van der Waals surface area contributed by atoms with Crippen LogP contribution in [-0.2, 0) is 0 Å². The monoisotopic (exact) mass is 109 g/mol. The summed E-state index contributed by atoms with van der Waals surface area (Å²) in [6.45, 7) is 5.90. The molecule has 45 valence electrons. The molecule has 0 spiro atoms. The molecule has 0 heteroatoms. The van der Waals surface area contributed by atoms with Gasteiger partial charge in [0.1, 0.15) is 0 Å². The highest BCUT2D eigenvalue weighted by atomic mass is 14.0. The lowest BCUT2D eigenvalue weighted by Crippen LogP contribution is -1.89. The Bertz CT molecular complexity index is 76.5. The van der Waals surface area contributed by atoms with Gasteiger partial charge >= 0.3 is 0 Å². The van der Waals surface area contributed by atoms with Crippen molar-refractivity contribution < 1.29 is 0 Å². The summed E-state index contributed by atoms with van der Waals surface area (Å²) in [5.74, 6) is 3.29. The highest BCUT2D eigenvalue weighted by Crippen LogP contribution is 2.07. The first-order valence-electron chi connectivity index (χ1n) is 3.04. The number of hydrogen-bond acceptors (Lipinski definition) is 0. The van der Waals surface area contributed by atoms with Crippen LogP contribution in [0.5, 0.6) is 0 Å². The Labute approximate surface area is 52.3 Å². The normalized spacial score (nSPS) is 12.6. The van der Waals surface area contributed by atoms with E-state index < -0.39 is 0 Å². The van der Waals surface area contributed by atoms with E-state index in [0.717, 1.165) is 19.3 Å². The molecule has 0 bridgehead atoms. The maximum atomic E-state index is 5.09. The van der Waals surface area contributed by atoms with Crippen LogP contribution in [0.4, 0.5) is 0 Å². The fourth-order valence-corrected chi connectivity index (χ4v) is 0.652. The largest absolute Gasteiger partial charge is 0.120 e. The Hall–Kier alpha value is -0.440. The van der Waals surface area contributed by atoms with Crippen LogP contribution in [0, 0.1) is 25.2 Å². The van der Waals surface area contributed by atoms with E-state index in [1.165, 1.54) is 0 Å². The van der Waals surface area contributed by atoms with E-state index in [-0.39, 0.29) is 0 Å². The highest BCUT2D eigenvalue weighted by Gasteiger charge is 1.94. The van der Waals surface area contributed by atoms with Crippen LogP contribution in [0.15, 0.2) is 0 Å². The molecule has 1 radical (unpaired) electrons. The summed E-state index contributed by atoms with van der Waals surface area (Å²) in [6, 6.07) is 0. The van der Waals surface area contributed by atoms with Gasteiger partial charge in [0.15, 0.2) is 0 Å². The third-order valence-corrected chi connectivity index (χ3v) is 1.16. The quantitative estimate of drug-likeness (QED) is 0.488. The summed E-state index contributed by atoms with van der Waals surface area (Å²) in [6.07, 6.45) is 8.15. The minimum atomic E-state index is 0.664. The molecule has 0 aliphatic rings. The molecule has 0 saturated carbocycles. The van der Waals surface area contributed by atoms with Crippen molar-refractivity contribution in [3.05, 3.63) is 6.92 Å². The molecule has 0 rings (SSSR count). The molecule has 0 aliphatic heterocycles. The van der Waals surface area contributed by atoms with Crippen LogP contribution in [0.3, 0.4) is 0 Å². The van der Waals surface area contributed by atoms with Gasteiger partial charge in [-0.05, 0) is 12.3 Å². The lowest BCUT2D eigenvalue weighted by Gasteiger charge is -2.02. The van der Waals surface area contributed by atoms with Gasteiger partial charge in [0.2, 0.25) is 0 Å². The molecular weight excluding hydrogens is 96.1 g/mol. The number of terminal acetylenes is 1. The summed E-state index contributed by atoms with van der Waals surface area (Å²) < 4.78 is 0. The Balaban J connectivity index is 3.08. The SMILES string of the molecule is C#CCC(C)CC[CH2]. The van der Waals surface area contributed by atoms with Gasteiger partial charge in [0, 0.05) is 6.42 Å². The highest BCUT2D eigenvalue weighted by molar-refractivity contribution is 4.85. The van der Waals surface area contributed by atoms with E-state index in [1.54, 1.807) is 0 Å². The predicted octanol–water partition coefficient (Wildman–Crippen LogP) is 2.26. The molecular formula is C8H13. The molecule has 0 amide bonds. The van der Waals surface area contributed by atoms with E-state index >= 15 is 0 Å². The predicted molar refractivity (Wildman–Crippen MR) is 37.2 cm³/mol. The fourth-order valence-electron chi connectivity index (χ4n) is 0.652. The van der Waals surface area contributed by atoms with Gasteiger partial charge in [0.25, 0.3) is 0 Å². The molecule has 0 aliphatic carbocycles. The Kier molecular flexibility index (Phi) is 4.45. The standard InChI is InChI=1S/C8H13/c1-4-6-8(3)7-5-2/h1,8H,2,5-7H2,3H3. The van der Waals surface area contributed by atoms with Crippen molar-refractivity contribution in [3.8, 4) is 12.3 Å². The Morgan fingerprint density at radius 1 is 1.75 bits per heavy atom. The number of hydrogen-bond donors (Lipinski definition) is 0. The maximum absolute atomic E-state index is 5.09. The molecule has 0 N–H and O–H groups in total. The molecule has 0 saturated heterocycles. The fraction of sp³-hybridized carbons (Fsp3) is 0.625. The second-order valence-corrected chi connectivity index (χ2v) is 2.16. The third-order valence-electron chi connectivity index (χ3n) is 1.16. The van der Waals surface area contributed by atoms with Gasteiger partial charge in [-0.25, -0.2) is 0 Å². The lowest BCUT2D eigenvalue weighted by atomic mass is 10.0. The van der Waals surface area contributed by atoms with Crippen LogP contribution < -0.4 is 0 Å². The summed E-state index contributed by atoms with van der Waals surface area (Å²) in [5, 5.41) is 0. The zero-order valence-electron chi connectivity index (χ0n) is 5.48. The molecule has 0 heterocycles. The lowest BCUT2D eigenvalue weighted by molar-refractivity contribution is 0.553. The zero-order valence-corrected chi connectivity index (χ0v) is 5.48. The molecule has 0 aromatic rings. The topological polar surface area (TPSA) is 0 Å². The van der Waals surface area contributed by atoms with Gasteiger partial charge in [-0.15, -0.1) is 12.3 Å². The number of rotatable bonds is 3. The van der Waals surface area contributed by atoms with Crippen molar-refractivity contribution in [2.75, 3.05) is 0 Å². The second-order valence-electron chi connectivity index (χ2n) is 2.16. The molecule has 8 heavy (non-hydrogen) atoms. The first kappa shape index (κ1) is 7.56. The van der Waals surface area contributed by atoms with Crippen molar-refractivity contribution in [1.82, 2.24) is 0 Å². The average molecular weight is 109 g/mol. The molecule has 1 atom stereocenters. The van der Waals surface area contributed by atoms with Crippen molar-refractivity contribution in [1.29, 1.82) is 0 Å². The van der Waals surface area contributed by atoms with E-state index in [0.29, 0.717) is 5.92 Å². The van der Waals surface area contributed by atoms with Gasteiger partial charge in [0.05, 0.1) is 0 Å².